The van der Waals surface area contributed by atoms with Gasteiger partial charge < -0.3 is 5.11 Å². The summed E-state index contributed by atoms with van der Waals surface area (Å²) in [7, 11) is 0. The van der Waals surface area contributed by atoms with Crippen molar-refractivity contribution in [1.29, 1.82) is 0 Å². The average molecular weight is 304 g/mol. The molecule has 22 heavy (non-hydrogen) atoms. The van der Waals surface area contributed by atoms with Crippen LogP contribution in [-0.4, -0.2) is 11.1 Å². The molecule has 2 nitrogen and oxygen atoms in total. The van der Waals surface area contributed by atoms with Crippen molar-refractivity contribution in [2.24, 2.45) is 17.8 Å². The lowest BCUT2D eigenvalue weighted by Gasteiger charge is -2.42. The minimum atomic E-state index is -1.06. The molecular formula is C19H25FO2. The standard InChI is InChI=1S/C19H25FO2/c1-2-12-3-4-14-10-15(6-5-13(14)9-12)17-8-7-16(19(21)22)11-18(17)20/h7-8,11-15H,2-6,9-10H2,1H3,(H,21,22). The molecule has 2 saturated carbocycles. The highest BCUT2D eigenvalue weighted by Crippen LogP contribution is 2.48. The number of benzene rings is 1. The third kappa shape index (κ3) is 3.04. The molecule has 120 valence electrons. The van der Waals surface area contributed by atoms with Gasteiger partial charge in [0, 0.05) is 0 Å². The van der Waals surface area contributed by atoms with Gasteiger partial charge in [0.1, 0.15) is 5.82 Å². The first-order valence-corrected chi connectivity index (χ1v) is 8.61. The minimum Gasteiger partial charge on any atom is -0.478 e. The van der Waals surface area contributed by atoms with Gasteiger partial charge in [0.05, 0.1) is 5.56 Å². The summed E-state index contributed by atoms with van der Waals surface area (Å²) in [5.41, 5.74) is 0.763. The van der Waals surface area contributed by atoms with E-state index in [1.54, 1.807) is 12.1 Å². The van der Waals surface area contributed by atoms with Crippen LogP contribution in [0.5, 0.6) is 0 Å². The van der Waals surface area contributed by atoms with Crippen LogP contribution in [0.15, 0.2) is 18.2 Å². The van der Waals surface area contributed by atoms with Gasteiger partial charge in [0.25, 0.3) is 0 Å². The highest BCUT2D eigenvalue weighted by molar-refractivity contribution is 5.87. The first kappa shape index (κ1) is 15.5. The lowest BCUT2D eigenvalue weighted by Crippen LogP contribution is -2.30. The van der Waals surface area contributed by atoms with E-state index in [-0.39, 0.29) is 17.3 Å². The minimum absolute atomic E-state index is 0.0402. The van der Waals surface area contributed by atoms with Crippen molar-refractivity contribution in [2.75, 3.05) is 0 Å². The van der Waals surface area contributed by atoms with Crippen LogP contribution >= 0.6 is 0 Å². The molecule has 4 unspecified atom stereocenters. The molecule has 0 spiro atoms. The molecule has 0 bridgehead atoms. The van der Waals surface area contributed by atoms with E-state index < -0.39 is 5.97 Å². The zero-order valence-electron chi connectivity index (χ0n) is 13.2. The maximum atomic E-state index is 14.3. The van der Waals surface area contributed by atoms with Crippen LogP contribution in [0.1, 0.15) is 73.7 Å². The van der Waals surface area contributed by atoms with Crippen LogP contribution < -0.4 is 0 Å². The van der Waals surface area contributed by atoms with Crippen molar-refractivity contribution in [3.63, 3.8) is 0 Å². The Morgan fingerprint density at radius 1 is 1.18 bits per heavy atom. The van der Waals surface area contributed by atoms with Crippen molar-refractivity contribution in [3.05, 3.63) is 35.1 Å². The zero-order valence-corrected chi connectivity index (χ0v) is 13.2. The Bertz CT molecular complexity index is 554. The van der Waals surface area contributed by atoms with Gasteiger partial charge in [-0.1, -0.05) is 25.8 Å². The van der Waals surface area contributed by atoms with Crippen LogP contribution in [0, 0.1) is 23.6 Å². The highest BCUT2D eigenvalue weighted by atomic mass is 19.1. The lowest BCUT2D eigenvalue weighted by atomic mass is 9.63. The summed E-state index contributed by atoms with van der Waals surface area (Å²) in [6, 6.07) is 4.42. The summed E-state index contributed by atoms with van der Waals surface area (Å²) >= 11 is 0. The SMILES string of the molecule is CCC1CCC2CC(c3ccc(C(=O)O)cc3F)CCC2C1. The fraction of sp³-hybridized carbons (Fsp3) is 0.632. The summed E-state index contributed by atoms with van der Waals surface area (Å²) in [6.45, 7) is 2.29. The van der Waals surface area contributed by atoms with Crippen LogP contribution in [0.25, 0.3) is 0 Å². The third-order valence-electron chi connectivity index (χ3n) is 5.99. The Morgan fingerprint density at radius 3 is 2.59 bits per heavy atom. The van der Waals surface area contributed by atoms with Crippen LogP contribution in [0.3, 0.4) is 0 Å². The second kappa shape index (κ2) is 6.39. The van der Waals surface area contributed by atoms with Crippen molar-refractivity contribution in [2.45, 2.75) is 57.8 Å². The average Bonchev–Trinajstić information content (AvgIpc) is 2.53. The third-order valence-corrected chi connectivity index (χ3v) is 5.99. The van der Waals surface area contributed by atoms with Crippen LogP contribution in [-0.2, 0) is 0 Å². The number of aromatic carboxylic acids is 1. The van der Waals surface area contributed by atoms with E-state index in [0.29, 0.717) is 0 Å². The zero-order chi connectivity index (χ0) is 15.7. The molecule has 0 aromatic heterocycles. The normalized spacial score (nSPS) is 31.5. The molecule has 0 amide bonds. The molecule has 2 aliphatic carbocycles. The number of fused-ring (bicyclic) bond motifs is 1. The van der Waals surface area contributed by atoms with E-state index in [1.807, 2.05) is 0 Å². The lowest BCUT2D eigenvalue weighted by molar-refractivity contribution is 0.0696. The highest BCUT2D eigenvalue weighted by Gasteiger charge is 2.36. The first-order valence-electron chi connectivity index (χ1n) is 8.61. The predicted molar refractivity (Wildman–Crippen MR) is 84.6 cm³/mol. The van der Waals surface area contributed by atoms with Gasteiger partial charge in [-0.2, -0.15) is 0 Å². The molecule has 0 heterocycles. The molecule has 2 aliphatic rings. The van der Waals surface area contributed by atoms with E-state index in [9.17, 15) is 9.18 Å². The number of carboxylic acids is 1. The molecule has 3 rings (SSSR count). The number of carboxylic acid groups (broad SMARTS) is 1. The largest absolute Gasteiger partial charge is 0.478 e. The summed E-state index contributed by atoms with van der Waals surface area (Å²) in [6.07, 6.45) is 8.57. The molecule has 0 radical (unpaired) electrons. The second-order valence-electron chi connectivity index (χ2n) is 7.16. The van der Waals surface area contributed by atoms with Gasteiger partial charge in [-0.15, -0.1) is 0 Å². The Hall–Kier alpha value is -1.38. The summed E-state index contributed by atoms with van der Waals surface area (Å²) in [5, 5.41) is 8.95. The maximum absolute atomic E-state index is 14.3. The number of carbonyl (C=O) groups is 1. The molecule has 1 aromatic carbocycles. The smallest absolute Gasteiger partial charge is 0.335 e. The topological polar surface area (TPSA) is 37.3 Å². The van der Waals surface area contributed by atoms with Crippen molar-refractivity contribution in [3.8, 4) is 0 Å². The Morgan fingerprint density at radius 2 is 1.91 bits per heavy atom. The molecule has 0 saturated heterocycles. The molecular weight excluding hydrogens is 279 g/mol. The monoisotopic (exact) mass is 304 g/mol. The van der Waals surface area contributed by atoms with Gasteiger partial charge in [0.2, 0.25) is 0 Å². The molecule has 1 aromatic rings. The Kier molecular flexibility index (Phi) is 4.51. The summed E-state index contributed by atoms with van der Waals surface area (Å²) in [5.74, 6) is 1.32. The van der Waals surface area contributed by atoms with Gasteiger partial charge >= 0.3 is 5.97 Å². The number of halogens is 1. The van der Waals surface area contributed by atoms with Crippen molar-refractivity contribution < 1.29 is 14.3 Å². The first-order chi connectivity index (χ1) is 10.6. The number of rotatable bonds is 3. The molecule has 2 fully saturated rings. The van der Waals surface area contributed by atoms with Gasteiger partial charge in [-0.25, -0.2) is 9.18 Å². The van der Waals surface area contributed by atoms with E-state index in [0.717, 1.165) is 36.2 Å². The van der Waals surface area contributed by atoms with Gasteiger partial charge in [-0.05, 0) is 73.5 Å². The fourth-order valence-electron chi connectivity index (χ4n) is 4.63. The molecule has 4 atom stereocenters. The summed E-state index contributed by atoms with van der Waals surface area (Å²) in [4.78, 5) is 10.9. The summed E-state index contributed by atoms with van der Waals surface area (Å²) < 4.78 is 14.3. The van der Waals surface area contributed by atoms with Crippen LogP contribution in [0.4, 0.5) is 4.39 Å². The predicted octanol–water partition coefficient (Wildman–Crippen LogP) is 5.23. The number of hydrogen-bond donors (Lipinski definition) is 1. The van der Waals surface area contributed by atoms with Crippen molar-refractivity contribution in [1.82, 2.24) is 0 Å². The number of hydrogen-bond acceptors (Lipinski definition) is 1. The van der Waals surface area contributed by atoms with Gasteiger partial charge in [-0.3, -0.25) is 0 Å². The van der Waals surface area contributed by atoms with E-state index in [4.69, 9.17) is 5.11 Å². The quantitative estimate of drug-likeness (QED) is 0.829. The molecule has 1 N–H and O–H groups in total. The van der Waals surface area contributed by atoms with E-state index in [1.165, 1.54) is 38.2 Å². The van der Waals surface area contributed by atoms with Crippen LogP contribution in [0.2, 0.25) is 0 Å². The van der Waals surface area contributed by atoms with Crippen molar-refractivity contribution >= 4 is 5.97 Å². The Labute approximate surface area is 131 Å². The second-order valence-corrected chi connectivity index (χ2v) is 7.16. The molecule has 0 aliphatic heterocycles. The van der Waals surface area contributed by atoms with E-state index in [2.05, 4.69) is 6.92 Å². The fourth-order valence-corrected chi connectivity index (χ4v) is 4.63. The molecule has 3 heteroatoms. The van der Waals surface area contributed by atoms with Gasteiger partial charge in [0.15, 0.2) is 0 Å². The van der Waals surface area contributed by atoms with E-state index >= 15 is 0 Å². The Balaban J connectivity index is 1.71. The maximum Gasteiger partial charge on any atom is 0.335 e.